The highest BCUT2D eigenvalue weighted by Gasteiger charge is 2.31. The summed E-state index contributed by atoms with van der Waals surface area (Å²) in [6.07, 6.45) is -4.42. The summed E-state index contributed by atoms with van der Waals surface area (Å²) in [6.45, 7) is 6.12. The zero-order valence-electron chi connectivity index (χ0n) is 11.8. The minimum absolute atomic E-state index is 0.0704. The average Bonchev–Trinajstić information content (AvgIpc) is 2.36. The number of hydrogen-bond donors (Lipinski definition) is 3. The smallest absolute Gasteiger partial charge is 0.396 e. The zero-order chi connectivity index (χ0) is 15.4. The Balaban J connectivity index is 2.97. The molecule has 1 heterocycles. The molecule has 0 aromatic carbocycles. The third-order valence-electron chi connectivity index (χ3n) is 2.69. The molecule has 114 valence electrons. The van der Waals surface area contributed by atoms with Crippen LogP contribution in [0.15, 0.2) is 12.1 Å². The fourth-order valence-corrected chi connectivity index (χ4v) is 1.44. The van der Waals surface area contributed by atoms with Crippen molar-refractivity contribution in [2.75, 3.05) is 30.3 Å². The monoisotopic (exact) mass is 291 g/mol. The van der Waals surface area contributed by atoms with Crippen molar-refractivity contribution >= 4 is 11.6 Å². The van der Waals surface area contributed by atoms with Gasteiger partial charge in [0.15, 0.2) is 0 Å². The van der Waals surface area contributed by atoms with Gasteiger partial charge in [-0.1, -0.05) is 13.8 Å². The number of nitrogens with one attached hydrogen (secondary N) is 2. The third-order valence-corrected chi connectivity index (χ3v) is 2.69. The Bertz CT molecular complexity index is 447. The lowest BCUT2D eigenvalue weighted by atomic mass is 9.95. The number of hydrogen-bond acceptors (Lipinski definition) is 4. The van der Waals surface area contributed by atoms with E-state index in [1.54, 1.807) is 20.8 Å². The van der Waals surface area contributed by atoms with E-state index in [9.17, 15) is 13.2 Å². The Labute approximate surface area is 116 Å². The molecule has 0 bridgehead atoms. The van der Waals surface area contributed by atoms with Gasteiger partial charge in [-0.25, -0.2) is 4.98 Å². The van der Waals surface area contributed by atoms with Crippen LogP contribution in [0.1, 0.15) is 26.3 Å². The Morgan fingerprint density at radius 2 is 1.70 bits per heavy atom. The van der Waals surface area contributed by atoms with Crippen molar-refractivity contribution in [3.63, 3.8) is 0 Å². The van der Waals surface area contributed by atoms with E-state index in [0.29, 0.717) is 13.1 Å². The first kappa shape index (κ1) is 16.6. The van der Waals surface area contributed by atoms with Crippen LogP contribution in [0.2, 0.25) is 0 Å². The van der Waals surface area contributed by atoms with Gasteiger partial charge in [0.1, 0.15) is 11.6 Å². The third kappa shape index (κ3) is 4.88. The molecule has 0 aliphatic rings. The molecule has 4 nitrogen and oxygen atoms in total. The quantitative estimate of drug-likeness (QED) is 0.754. The normalized spacial score (nSPS) is 12.3. The van der Waals surface area contributed by atoms with Crippen molar-refractivity contribution in [3.05, 3.63) is 17.7 Å². The van der Waals surface area contributed by atoms with Crippen LogP contribution in [0, 0.1) is 5.41 Å². The van der Waals surface area contributed by atoms with E-state index in [1.807, 2.05) is 0 Å². The molecule has 3 N–H and O–H groups in total. The second kappa shape index (κ2) is 6.30. The molecule has 7 heteroatoms. The summed E-state index contributed by atoms with van der Waals surface area (Å²) in [4.78, 5) is 4.07. The molecule has 0 aliphatic carbocycles. The van der Waals surface area contributed by atoms with Crippen LogP contribution in [0.25, 0.3) is 0 Å². The number of rotatable bonds is 6. The summed E-state index contributed by atoms with van der Waals surface area (Å²) in [7, 11) is 0. The van der Waals surface area contributed by atoms with Crippen molar-refractivity contribution in [1.29, 1.82) is 0 Å². The van der Waals surface area contributed by atoms with Crippen LogP contribution in [0.3, 0.4) is 0 Å². The molecule has 1 aromatic rings. The number of aliphatic hydroxyl groups is 1. The predicted molar refractivity (Wildman–Crippen MR) is 72.8 cm³/mol. The Kier molecular flexibility index (Phi) is 5.21. The highest BCUT2D eigenvalue weighted by molar-refractivity contribution is 5.49. The summed E-state index contributed by atoms with van der Waals surface area (Å²) in [5, 5.41) is 14.7. The first-order chi connectivity index (χ1) is 9.18. The van der Waals surface area contributed by atoms with Gasteiger partial charge in [-0.3, -0.25) is 0 Å². The van der Waals surface area contributed by atoms with Gasteiger partial charge in [0, 0.05) is 25.1 Å². The molecule has 0 aliphatic heterocycles. The standard InChI is InChI=1S/C13H20F3N3O/c1-4-17-10-5-9(13(14,15)16)6-11(19-10)18-7-12(2,3)8-20/h5-6,20H,4,7-8H2,1-3H3,(H2,17,18,19). The van der Waals surface area contributed by atoms with Crippen molar-refractivity contribution in [2.45, 2.75) is 26.9 Å². The van der Waals surface area contributed by atoms with E-state index in [1.165, 1.54) is 0 Å². The van der Waals surface area contributed by atoms with E-state index >= 15 is 0 Å². The van der Waals surface area contributed by atoms with Gasteiger partial charge in [-0.15, -0.1) is 0 Å². The Morgan fingerprint density at radius 1 is 1.15 bits per heavy atom. The number of aliphatic hydroxyl groups excluding tert-OH is 1. The van der Waals surface area contributed by atoms with E-state index in [-0.39, 0.29) is 18.2 Å². The summed E-state index contributed by atoms with van der Waals surface area (Å²) >= 11 is 0. The summed E-state index contributed by atoms with van der Waals surface area (Å²) in [6, 6.07) is 1.94. The lowest BCUT2D eigenvalue weighted by Gasteiger charge is -2.22. The largest absolute Gasteiger partial charge is 0.416 e. The maximum absolute atomic E-state index is 12.8. The minimum atomic E-state index is -4.42. The highest BCUT2D eigenvalue weighted by Crippen LogP contribution is 2.32. The molecular weight excluding hydrogens is 271 g/mol. The molecule has 0 saturated heterocycles. The summed E-state index contributed by atoms with van der Waals surface area (Å²) < 4.78 is 38.4. The van der Waals surface area contributed by atoms with Crippen molar-refractivity contribution in [1.82, 2.24) is 4.98 Å². The average molecular weight is 291 g/mol. The van der Waals surface area contributed by atoms with Crippen LogP contribution in [-0.2, 0) is 6.18 Å². The van der Waals surface area contributed by atoms with Crippen LogP contribution in [0.5, 0.6) is 0 Å². The number of anilines is 2. The molecule has 1 rings (SSSR count). The van der Waals surface area contributed by atoms with Crippen molar-refractivity contribution < 1.29 is 18.3 Å². The fourth-order valence-electron chi connectivity index (χ4n) is 1.44. The van der Waals surface area contributed by atoms with Gasteiger partial charge in [-0.2, -0.15) is 13.2 Å². The number of aromatic nitrogens is 1. The van der Waals surface area contributed by atoms with Gasteiger partial charge in [0.05, 0.1) is 5.56 Å². The van der Waals surface area contributed by atoms with E-state index in [4.69, 9.17) is 5.11 Å². The zero-order valence-corrected chi connectivity index (χ0v) is 11.8. The molecule has 0 spiro atoms. The van der Waals surface area contributed by atoms with Crippen molar-refractivity contribution in [2.24, 2.45) is 5.41 Å². The summed E-state index contributed by atoms with van der Waals surface area (Å²) in [5.74, 6) is 0.309. The SMILES string of the molecule is CCNc1cc(C(F)(F)F)cc(NCC(C)(C)CO)n1. The predicted octanol–water partition coefficient (Wildman–Crippen LogP) is 2.96. The molecule has 0 unspecified atom stereocenters. The van der Waals surface area contributed by atoms with Crippen LogP contribution in [0.4, 0.5) is 24.8 Å². The van der Waals surface area contributed by atoms with Crippen LogP contribution >= 0.6 is 0 Å². The van der Waals surface area contributed by atoms with E-state index in [2.05, 4.69) is 15.6 Å². The molecule has 0 fully saturated rings. The van der Waals surface area contributed by atoms with Crippen molar-refractivity contribution in [3.8, 4) is 0 Å². The lowest BCUT2D eigenvalue weighted by Crippen LogP contribution is -2.27. The van der Waals surface area contributed by atoms with Gasteiger partial charge in [-0.05, 0) is 19.1 Å². The minimum Gasteiger partial charge on any atom is -0.396 e. The highest BCUT2D eigenvalue weighted by atomic mass is 19.4. The molecular formula is C13H20F3N3O. The van der Waals surface area contributed by atoms with Crippen LogP contribution in [-0.4, -0.2) is 29.8 Å². The number of nitrogens with zero attached hydrogens (tertiary/aromatic N) is 1. The Hall–Kier alpha value is -1.50. The van der Waals surface area contributed by atoms with Gasteiger partial charge >= 0.3 is 6.18 Å². The first-order valence-electron chi connectivity index (χ1n) is 6.36. The molecule has 0 atom stereocenters. The van der Waals surface area contributed by atoms with Gasteiger partial charge in [0.2, 0.25) is 0 Å². The summed E-state index contributed by atoms with van der Waals surface area (Å²) in [5.41, 5.74) is -1.19. The molecule has 0 amide bonds. The Morgan fingerprint density at radius 3 is 2.15 bits per heavy atom. The fraction of sp³-hybridized carbons (Fsp3) is 0.615. The second-order valence-corrected chi connectivity index (χ2v) is 5.33. The topological polar surface area (TPSA) is 57.2 Å². The number of alkyl halides is 3. The first-order valence-corrected chi connectivity index (χ1v) is 6.36. The van der Waals surface area contributed by atoms with Gasteiger partial charge < -0.3 is 15.7 Å². The maximum atomic E-state index is 12.8. The van der Waals surface area contributed by atoms with Crippen LogP contribution < -0.4 is 10.6 Å². The molecule has 1 aromatic heterocycles. The maximum Gasteiger partial charge on any atom is 0.416 e. The number of pyridine rings is 1. The second-order valence-electron chi connectivity index (χ2n) is 5.33. The molecule has 0 radical (unpaired) electrons. The van der Waals surface area contributed by atoms with E-state index < -0.39 is 17.2 Å². The molecule has 20 heavy (non-hydrogen) atoms. The molecule has 0 saturated carbocycles. The van der Waals surface area contributed by atoms with Gasteiger partial charge in [0.25, 0.3) is 0 Å². The number of halogens is 3. The van der Waals surface area contributed by atoms with E-state index in [0.717, 1.165) is 12.1 Å². The lowest BCUT2D eigenvalue weighted by molar-refractivity contribution is -0.137.